The third-order valence-corrected chi connectivity index (χ3v) is 4.90. The second-order valence-corrected chi connectivity index (χ2v) is 7.92. The van der Waals surface area contributed by atoms with Crippen molar-refractivity contribution < 1.29 is 4.79 Å². The van der Waals surface area contributed by atoms with Gasteiger partial charge in [-0.05, 0) is 63.8 Å². The summed E-state index contributed by atoms with van der Waals surface area (Å²) in [7, 11) is 0. The molecule has 0 aliphatic heterocycles. The van der Waals surface area contributed by atoms with Gasteiger partial charge in [0.2, 0.25) is 0 Å². The summed E-state index contributed by atoms with van der Waals surface area (Å²) >= 11 is 10.4. The Morgan fingerprint density at radius 2 is 1.78 bits per heavy atom. The molecule has 1 amide bonds. The largest absolute Gasteiger partial charge is 0.374 e. The molecule has 0 fully saturated rings. The van der Waals surface area contributed by atoms with Crippen LogP contribution in [0.5, 0.6) is 0 Å². The van der Waals surface area contributed by atoms with Gasteiger partial charge in [0.1, 0.15) is 0 Å². The maximum Gasteiger partial charge on any atom is 0.259 e. The molecule has 0 bridgehead atoms. The van der Waals surface area contributed by atoms with Crippen molar-refractivity contribution in [3.8, 4) is 0 Å². The van der Waals surface area contributed by atoms with Gasteiger partial charge in [-0.2, -0.15) is 5.10 Å². The SMILES string of the molecule is CCCCCC/C(C)=N/NC(=O)CNc1c(Br)cc(Br)cc1Br. The third kappa shape index (κ3) is 8.31. The zero-order valence-electron chi connectivity index (χ0n) is 13.4. The molecule has 2 N–H and O–H groups in total. The summed E-state index contributed by atoms with van der Waals surface area (Å²) in [6, 6.07) is 3.84. The molecule has 0 aliphatic rings. The summed E-state index contributed by atoms with van der Waals surface area (Å²) in [5, 5.41) is 7.24. The zero-order valence-corrected chi connectivity index (χ0v) is 18.1. The molecule has 128 valence electrons. The van der Waals surface area contributed by atoms with Gasteiger partial charge in [0.15, 0.2) is 0 Å². The molecule has 0 radical (unpaired) electrons. The van der Waals surface area contributed by atoms with Crippen LogP contribution < -0.4 is 10.7 Å². The molecular formula is C16H22Br3N3O. The molecular weight excluding hydrogens is 490 g/mol. The molecule has 7 heteroatoms. The van der Waals surface area contributed by atoms with E-state index in [-0.39, 0.29) is 12.5 Å². The number of nitrogens with zero attached hydrogens (tertiary/aromatic N) is 1. The van der Waals surface area contributed by atoms with E-state index >= 15 is 0 Å². The van der Waals surface area contributed by atoms with Crippen LogP contribution in [0.4, 0.5) is 5.69 Å². The molecule has 0 saturated heterocycles. The minimum Gasteiger partial charge on any atom is -0.374 e. The first-order chi connectivity index (χ1) is 10.9. The van der Waals surface area contributed by atoms with E-state index < -0.39 is 0 Å². The van der Waals surface area contributed by atoms with Gasteiger partial charge in [-0.3, -0.25) is 4.79 Å². The Bertz CT molecular complexity index is 538. The van der Waals surface area contributed by atoms with Crippen molar-refractivity contribution >= 4 is 65.1 Å². The number of halogens is 3. The number of amides is 1. The molecule has 23 heavy (non-hydrogen) atoms. The molecule has 4 nitrogen and oxygen atoms in total. The molecule has 0 heterocycles. The highest BCUT2D eigenvalue weighted by Gasteiger charge is 2.08. The fourth-order valence-electron chi connectivity index (χ4n) is 1.94. The van der Waals surface area contributed by atoms with Crippen molar-refractivity contribution in [1.82, 2.24) is 5.43 Å². The first kappa shape index (κ1) is 20.6. The van der Waals surface area contributed by atoms with Crippen LogP contribution in [0.15, 0.2) is 30.7 Å². The zero-order chi connectivity index (χ0) is 17.2. The van der Waals surface area contributed by atoms with E-state index in [1.165, 1.54) is 19.3 Å². The highest BCUT2D eigenvalue weighted by atomic mass is 79.9. The molecule has 1 rings (SSSR count). The van der Waals surface area contributed by atoms with Crippen molar-refractivity contribution in [2.45, 2.75) is 46.0 Å². The Morgan fingerprint density at radius 3 is 2.39 bits per heavy atom. The highest BCUT2D eigenvalue weighted by Crippen LogP contribution is 2.34. The van der Waals surface area contributed by atoms with Gasteiger partial charge in [-0.1, -0.05) is 42.1 Å². The van der Waals surface area contributed by atoms with Crippen molar-refractivity contribution in [2.75, 3.05) is 11.9 Å². The highest BCUT2D eigenvalue weighted by molar-refractivity contribution is 9.11. The van der Waals surface area contributed by atoms with Crippen LogP contribution in [0.3, 0.4) is 0 Å². The van der Waals surface area contributed by atoms with E-state index in [1.54, 1.807) is 0 Å². The molecule has 0 atom stereocenters. The smallest absolute Gasteiger partial charge is 0.259 e. The molecule has 0 unspecified atom stereocenters. The average Bonchev–Trinajstić information content (AvgIpc) is 2.48. The van der Waals surface area contributed by atoms with Gasteiger partial charge in [0.05, 0.1) is 12.2 Å². The number of unbranched alkanes of at least 4 members (excludes halogenated alkanes) is 3. The van der Waals surface area contributed by atoms with Gasteiger partial charge in [-0.25, -0.2) is 5.43 Å². The fraction of sp³-hybridized carbons (Fsp3) is 0.500. The number of hydrogen-bond acceptors (Lipinski definition) is 3. The standard InChI is InChI=1S/C16H22Br3N3O/c1-3-4-5-6-7-11(2)21-22-15(23)10-20-16-13(18)8-12(17)9-14(16)19/h8-9,20H,3-7,10H2,1-2H3,(H,22,23)/b21-11+. The van der Waals surface area contributed by atoms with E-state index in [0.717, 1.165) is 37.7 Å². The Balaban J connectivity index is 2.40. The fourth-order valence-corrected chi connectivity index (χ4v) is 4.48. The molecule has 1 aromatic carbocycles. The minimum absolute atomic E-state index is 0.158. The predicted octanol–water partition coefficient (Wildman–Crippen LogP) is 5.85. The van der Waals surface area contributed by atoms with Crippen LogP contribution in [0, 0.1) is 0 Å². The number of rotatable bonds is 9. The second kappa shape index (κ2) is 11.2. The summed E-state index contributed by atoms with van der Waals surface area (Å²) in [5.74, 6) is -0.167. The topological polar surface area (TPSA) is 53.5 Å². The van der Waals surface area contributed by atoms with Crippen LogP contribution >= 0.6 is 47.8 Å². The lowest BCUT2D eigenvalue weighted by molar-refractivity contribution is -0.119. The Hall–Kier alpha value is -0.400. The van der Waals surface area contributed by atoms with E-state index in [9.17, 15) is 4.79 Å². The lowest BCUT2D eigenvalue weighted by Gasteiger charge is -2.10. The maximum atomic E-state index is 11.9. The van der Waals surface area contributed by atoms with Gasteiger partial charge in [0, 0.05) is 19.1 Å². The second-order valence-electron chi connectivity index (χ2n) is 5.29. The van der Waals surface area contributed by atoms with Gasteiger partial charge < -0.3 is 5.32 Å². The van der Waals surface area contributed by atoms with Gasteiger partial charge in [-0.15, -0.1) is 0 Å². The lowest BCUT2D eigenvalue weighted by Crippen LogP contribution is -2.26. The summed E-state index contributed by atoms with van der Waals surface area (Å²) in [5.41, 5.74) is 4.39. The van der Waals surface area contributed by atoms with Crippen LogP contribution in [0.1, 0.15) is 46.0 Å². The summed E-state index contributed by atoms with van der Waals surface area (Å²) in [6.45, 7) is 4.29. The van der Waals surface area contributed by atoms with Gasteiger partial charge >= 0.3 is 0 Å². The van der Waals surface area contributed by atoms with Crippen molar-refractivity contribution in [2.24, 2.45) is 5.10 Å². The average molecular weight is 512 g/mol. The maximum absolute atomic E-state index is 11.9. The number of anilines is 1. The Morgan fingerprint density at radius 1 is 1.13 bits per heavy atom. The summed E-state index contributed by atoms with van der Waals surface area (Å²) < 4.78 is 2.71. The Kier molecular flexibility index (Phi) is 10.1. The normalized spacial score (nSPS) is 11.4. The molecule has 0 aliphatic carbocycles. The number of nitrogens with one attached hydrogen (secondary N) is 2. The van der Waals surface area contributed by atoms with Crippen LogP contribution in [-0.2, 0) is 4.79 Å². The first-order valence-corrected chi connectivity index (χ1v) is 10.0. The molecule has 0 spiro atoms. The molecule has 0 aromatic heterocycles. The van der Waals surface area contributed by atoms with E-state index in [4.69, 9.17) is 0 Å². The lowest BCUT2D eigenvalue weighted by atomic mass is 10.1. The van der Waals surface area contributed by atoms with E-state index in [0.29, 0.717) is 0 Å². The number of hydrogen-bond donors (Lipinski definition) is 2. The van der Waals surface area contributed by atoms with Crippen molar-refractivity contribution in [3.63, 3.8) is 0 Å². The predicted molar refractivity (Wildman–Crippen MR) is 108 cm³/mol. The molecule has 1 aromatic rings. The minimum atomic E-state index is -0.167. The molecule has 0 saturated carbocycles. The number of carbonyl (C=O) groups excluding carboxylic acids is 1. The number of benzene rings is 1. The number of carbonyl (C=O) groups is 1. The van der Waals surface area contributed by atoms with Crippen molar-refractivity contribution in [1.29, 1.82) is 0 Å². The van der Waals surface area contributed by atoms with Crippen molar-refractivity contribution in [3.05, 3.63) is 25.6 Å². The summed E-state index contributed by atoms with van der Waals surface area (Å²) in [6.07, 6.45) is 5.73. The van der Waals surface area contributed by atoms with Gasteiger partial charge in [0.25, 0.3) is 5.91 Å². The van der Waals surface area contributed by atoms with Crippen LogP contribution in [0.25, 0.3) is 0 Å². The van der Waals surface area contributed by atoms with E-state index in [2.05, 4.69) is 70.6 Å². The first-order valence-electron chi connectivity index (χ1n) is 7.64. The van der Waals surface area contributed by atoms with Crippen LogP contribution in [0.2, 0.25) is 0 Å². The third-order valence-electron chi connectivity index (χ3n) is 3.20. The summed E-state index contributed by atoms with van der Waals surface area (Å²) in [4.78, 5) is 11.9. The number of hydrazone groups is 1. The van der Waals surface area contributed by atoms with Crippen LogP contribution in [-0.4, -0.2) is 18.2 Å². The quantitative estimate of drug-likeness (QED) is 0.248. The monoisotopic (exact) mass is 509 g/mol. The Labute approximate surface area is 163 Å². The van der Waals surface area contributed by atoms with E-state index in [1.807, 2.05) is 19.1 Å².